The van der Waals surface area contributed by atoms with Crippen LogP contribution in [0.4, 0.5) is 0 Å². The maximum atomic E-state index is 12.8. The third kappa shape index (κ3) is 5.31. The third-order valence-electron chi connectivity index (χ3n) is 6.02. The molecule has 2 N–H and O–H groups in total. The van der Waals surface area contributed by atoms with Crippen LogP contribution in [-0.2, 0) is 11.2 Å². The van der Waals surface area contributed by atoms with Crippen molar-refractivity contribution in [3.63, 3.8) is 0 Å². The van der Waals surface area contributed by atoms with Crippen LogP contribution in [0.15, 0.2) is 30.3 Å². The number of piperidine rings is 1. The summed E-state index contributed by atoms with van der Waals surface area (Å²) in [5.41, 5.74) is 0.0982. The fourth-order valence-corrected chi connectivity index (χ4v) is 4.44. The van der Waals surface area contributed by atoms with E-state index in [1.807, 2.05) is 11.0 Å². The zero-order chi connectivity index (χ0) is 18.2. The van der Waals surface area contributed by atoms with Gasteiger partial charge in [0.2, 0.25) is 0 Å². The molecule has 144 valence electrons. The molecule has 26 heavy (non-hydrogen) atoms. The molecule has 0 spiro atoms. The molecule has 0 bridgehead atoms. The number of nitrogens with one attached hydrogen (secondary N) is 1. The molecule has 1 aliphatic heterocycles. The molecule has 4 nitrogen and oxygen atoms in total. The van der Waals surface area contributed by atoms with E-state index in [1.165, 1.54) is 37.7 Å². The zero-order valence-corrected chi connectivity index (χ0v) is 16.0. The fourth-order valence-electron chi connectivity index (χ4n) is 4.44. The van der Waals surface area contributed by atoms with E-state index in [4.69, 9.17) is 0 Å². The second-order valence-electron chi connectivity index (χ2n) is 8.15. The van der Waals surface area contributed by atoms with Crippen molar-refractivity contribution in [2.45, 2.75) is 63.4 Å². The van der Waals surface area contributed by atoms with Crippen LogP contribution in [0.5, 0.6) is 0 Å². The molecule has 2 fully saturated rings. The lowest BCUT2D eigenvalue weighted by atomic mass is 9.88. The first-order valence-electron chi connectivity index (χ1n) is 10.4. The van der Waals surface area contributed by atoms with Crippen LogP contribution in [0.25, 0.3) is 0 Å². The minimum Gasteiger partial charge on any atom is -0.379 e. The largest absolute Gasteiger partial charge is 0.379 e. The Morgan fingerprint density at radius 2 is 1.88 bits per heavy atom. The van der Waals surface area contributed by atoms with Gasteiger partial charge in [0.05, 0.1) is 0 Å². The zero-order valence-electron chi connectivity index (χ0n) is 16.0. The van der Waals surface area contributed by atoms with Crippen LogP contribution in [0.3, 0.4) is 0 Å². The van der Waals surface area contributed by atoms with Gasteiger partial charge in [-0.3, -0.25) is 4.79 Å². The van der Waals surface area contributed by atoms with E-state index >= 15 is 0 Å². The van der Waals surface area contributed by atoms with Gasteiger partial charge in [0.1, 0.15) is 0 Å². The van der Waals surface area contributed by atoms with Crippen molar-refractivity contribution < 1.29 is 9.90 Å². The lowest BCUT2D eigenvalue weighted by Gasteiger charge is -2.38. The van der Waals surface area contributed by atoms with E-state index in [0.29, 0.717) is 18.9 Å². The Bertz CT molecular complexity index is 557. The first kappa shape index (κ1) is 19.4. The molecule has 1 saturated heterocycles. The third-order valence-corrected chi connectivity index (χ3v) is 6.02. The summed E-state index contributed by atoms with van der Waals surface area (Å²) in [5, 5.41) is 14.3. The molecule has 1 amide bonds. The second kappa shape index (κ2) is 9.52. The molecule has 1 heterocycles. The summed E-state index contributed by atoms with van der Waals surface area (Å²) in [7, 11) is 0. The highest BCUT2D eigenvalue weighted by Gasteiger charge is 2.41. The Morgan fingerprint density at radius 3 is 2.65 bits per heavy atom. The van der Waals surface area contributed by atoms with Crippen molar-refractivity contribution in [1.82, 2.24) is 10.2 Å². The van der Waals surface area contributed by atoms with Crippen molar-refractivity contribution in [2.75, 3.05) is 26.2 Å². The SMILES string of the molecule is O=C1N(CCCc2ccccc2)CCC[C@]1(O)CNCC1CCCCC1. The van der Waals surface area contributed by atoms with Gasteiger partial charge < -0.3 is 15.3 Å². The standard InChI is InChI=1S/C22H34N2O2/c25-21-22(26,18-23-17-20-11-5-2-6-12-20)14-8-16-24(21)15-7-13-19-9-3-1-4-10-19/h1,3-4,9-10,20,23,26H,2,5-8,11-18H2/t22-/m0/s1. The van der Waals surface area contributed by atoms with Crippen molar-refractivity contribution in [1.29, 1.82) is 0 Å². The number of aliphatic hydroxyl groups is 1. The number of likely N-dealkylation sites (tertiary alicyclic amines) is 1. The average molecular weight is 359 g/mol. The van der Waals surface area contributed by atoms with Gasteiger partial charge in [-0.05, 0) is 56.6 Å². The average Bonchev–Trinajstić information content (AvgIpc) is 2.67. The topological polar surface area (TPSA) is 52.6 Å². The maximum Gasteiger partial charge on any atom is 0.255 e. The Hall–Kier alpha value is -1.39. The number of amides is 1. The monoisotopic (exact) mass is 358 g/mol. The van der Waals surface area contributed by atoms with E-state index < -0.39 is 5.60 Å². The number of rotatable bonds is 8. The molecule has 1 aromatic rings. The highest BCUT2D eigenvalue weighted by molar-refractivity contribution is 5.86. The first-order valence-corrected chi connectivity index (χ1v) is 10.4. The van der Waals surface area contributed by atoms with Crippen LogP contribution in [0.2, 0.25) is 0 Å². The Kier molecular flexibility index (Phi) is 7.09. The molecule has 1 atom stereocenters. The Labute approximate surface area is 158 Å². The number of hydrogen-bond acceptors (Lipinski definition) is 3. The summed E-state index contributed by atoms with van der Waals surface area (Å²) in [6.07, 6.45) is 9.96. The van der Waals surface area contributed by atoms with Gasteiger partial charge in [-0.2, -0.15) is 0 Å². The highest BCUT2D eigenvalue weighted by atomic mass is 16.3. The molecule has 0 radical (unpaired) electrons. The van der Waals surface area contributed by atoms with Crippen LogP contribution < -0.4 is 5.32 Å². The highest BCUT2D eigenvalue weighted by Crippen LogP contribution is 2.25. The molecule has 1 aliphatic carbocycles. The summed E-state index contributed by atoms with van der Waals surface area (Å²) < 4.78 is 0. The van der Waals surface area contributed by atoms with E-state index in [-0.39, 0.29) is 5.91 Å². The Balaban J connectivity index is 1.43. The lowest BCUT2D eigenvalue weighted by Crippen LogP contribution is -2.58. The number of benzene rings is 1. The van der Waals surface area contributed by atoms with Crippen molar-refractivity contribution in [3.8, 4) is 0 Å². The normalized spacial score (nSPS) is 24.8. The molecule has 0 unspecified atom stereocenters. The van der Waals surface area contributed by atoms with E-state index in [0.717, 1.165) is 38.9 Å². The molecular formula is C22H34N2O2. The van der Waals surface area contributed by atoms with Crippen LogP contribution in [0.1, 0.15) is 56.9 Å². The van der Waals surface area contributed by atoms with E-state index in [1.54, 1.807) is 0 Å². The summed E-state index contributed by atoms with van der Waals surface area (Å²) in [6.45, 7) is 2.85. The van der Waals surface area contributed by atoms with Crippen molar-refractivity contribution in [2.24, 2.45) is 5.92 Å². The fraction of sp³-hybridized carbons (Fsp3) is 0.682. The second-order valence-corrected chi connectivity index (χ2v) is 8.15. The molecule has 0 aromatic heterocycles. The number of nitrogens with zero attached hydrogens (tertiary/aromatic N) is 1. The van der Waals surface area contributed by atoms with E-state index in [9.17, 15) is 9.90 Å². The summed E-state index contributed by atoms with van der Waals surface area (Å²) >= 11 is 0. The number of aryl methyl sites for hydroxylation is 1. The van der Waals surface area contributed by atoms with Crippen LogP contribution >= 0.6 is 0 Å². The first-order chi connectivity index (χ1) is 12.7. The van der Waals surface area contributed by atoms with Gasteiger partial charge in [-0.25, -0.2) is 0 Å². The van der Waals surface area contributed by atoms with Gasteiger partial charge in [0, 0.05) is 19.6 Å². The number of hydrogen-bond donors (Lipinski definition) is 2. The maximum absolute atomic E-state index is 12.8. The molecular weight excluding hydrogens is 324 g/mol. The predicted octanol–water partition coefficient (Wildman–Crippen LogP) is 3.14. The number of carbonyl (C=O) groups is 1. The van der Waals surface area contributed by atoms with E-state index in [2.05, 4.69) is 29.6 Å². The Morgan fingerprint density at radius 1 is 1.12 bits per heavy atom. The van der Waals surface area contributed by atoms with Crippen molar-refractivity contribution >= 4 is 5.91 Å². The van der Waals surface area contributed by atoms with Gasteiger partial charge in [0.25, 0.3) is 5.91 Å². The van der Waals surface area contributed by atoms with Gasteiger partial charge in [-0.15, -0.1) is 0 Å². The van der Waals surface area contributed by atoms with Crippen LogP contribution in [-0.4, -0.2) is 47.7 Å². The molecule has 1 saturated carbocycles. The lowest BCUT2D eigenvalue weighted by molar-refractivity contribution is -0.156. The van der Waals surface area contributed by atoms with Crippen molar-refractivity contribution in [3.05, 3.63) is 35.9 Å². The van der Waals surface area contributed by atoms with Gasteiger partial charge in [-0.1, -0.05) is 49.6 Å². The number of carbonyl (C=O) groups excluding carboxylic acids is 1. The predicted molar refractivity (Wildman–Crippen MR) is 105 cm³/mol. The molecule has 3 rings (SSSR count). The molecule has 2 aliphatic rings. The van der Waals surface area contributed by atoms with Gasteiger partial charge in [0.15, 0.2) is 5.60 Å². The minimum atomic E-state index is -1.21. The minimum absolute atomic E-state index is 0.0760. The summed E-state index contributed by atoms with van der Waals surface area (Å²) in [6, 6.07) is 10.4. The van der Waals surface area contributed by atoms with Gasteiger partial charge >= 0.3 is 0 Å². The molecule has 4 heteroatoms. The molecule has 1 aromatic carbocycles. The summed E-state index contributed by atoms with van der Waals surface area (Å²) in [4.78, 5) is 14.7. The summed E-state index contributed by atoms with van der Waals surface area (Å²) in [5.74, 6) is 0.640. The smallest absolute Gasteiger partial charge is 0.255 e. The quantitative estimate of drug-likeness (QED) is 0.751. The van der Waals surface area contributed by atoms with Crippen LogP contribution in [0, 0.1) is 5.92 Å².